The predicted octanol–water partition coefficient (Wildman–Crippen LogP) is 2.39. The minimum atomic E-state index is -0.0464. The fourth-order valence-corrected chi connectivity index (χ4v) is 3.45. The highest BCUT2D eigenvalue weighted by Gasteiger charge is 2.29. The molecule has 0 radical (unpaired) electrons. The molecular formula is C18H24N4O3. The number of aromatic nitrogens is 3. The molecule has 0 bridgehead atoms. The molecule has 1 fully saturated rings. The Hall–Kier alpha value is -2.57. The maximum absolute atomic E-state index is 13.1. The number of hydrogen-bond donors (Lipinski definition) is 0. The predicted molar refractivity (Wildman–Crippen MR) is 93.2 cm³/mol. The number of hydrogen-bond acceptors (Lipinski definition) is 5. The first kappa shape index (κ1) is 17.3. The van der Waals surface area contributed by atoms with Gasteiger partial charge in [-0.2, -0.15) is 5.10 Å². The minimum Gasteiger partial charge on any atom is -0.493 e. The summed E-state index contributed by atoms with van der Waals surface area (Å²) in [6, 6.07) is 5.52. The number of piperidine rings is 1. The number of rotatable bonds is 4. The van der Waals surface area contributed by atoms with Gasteiger partial charge in [-0.25, -0.2) is 9.67 Å². The van der Waals surface area contributed by atoms with Gasteiger partial charge < -0.3 is 14.4 Å². The van der Waals surface area contributed by atoms with Crippen LogP contribution in [0.3, 0.4) is 0 Å². The first-order chi connectivity index (χ1) is 12.0. The number of nitrogens with zero attached hydrogens (tertiary/aromatic N) is 4. The fraction of sp³-hybridized carbons (Fsp3) is 0.500. The molecule has 0 aliphatic carbocycles. The molecule has 0 spiro atoms. The zero-order valence-electron chi connectivity index (χ0n) is 15.2. The first-order valence-corrected chi connectivity index (χ1v) is 8.45. The number of para-hydroxylation sites is 1. The number of benzene rings is 1. The van der Waals surface area contributed by atoms with Gasteiger partial charge in [-0.1, -0.05) is 6.07 Å². The van der Waals surface area contributed by atoms with E-state index in [-0.39, 0.29) is 11.9 Å². The van der Waals surface area contributed by atoms with Gasteiger partial charge in [0.25, 0.3) is 5.91 Å². The summed E-state index contributed by atoms with van der Waals surface area (Å²) >= 11 is 0. The molecule has 0 unspecified atom stereocenters. The Kier molecular flexibility index (Phi) is 4.92. The standard InChI is InChI=1S/C18H24N4O3/c1-12-19-13(2)22(20-12)14-7-6-10-21(11-14)18(23)15-8-5-9-16(24-3)17(15)25-4/h5,8-9,14H,6-7,10-11H2,1-4H3/t14-/m1/s1. The molecule has 3 rings (SSSR count). The van der Waals surface area contributed by atoms with Crippen molar-refractivity contribution in [2.75, 3.05) is 27.3 Å². The molecular weight excluding hydrogens is 320 g/mol. The maximum atomic E-state index is 13.1. The lowest BCUT2D eigenvalue weighted by Gasteiger charge is -2.33. The summed E-state index contributed by atoms with van der Waals surface area (Å²) < 4.78 is 12.7. The van der Waals surface area contributed by atoms with E-state index in [9.17, 15) is 4.79 Å². The number of aryl methyl sites for hydroxylation is 2. The van der Waals surface area contributed by atoms with Gasteiger partial charge in [0.2, 0.25) is 0 Å². The second-order valence-corrected chi connectivity index (χ2v) is 6.24. The maximum Gasteiger partial charge on any atom is 0.257 e. The Morgan fingerprint density at radius 2 is 2.04 bits per heavy atom. The highest BCUT2D eigenvalue weighted by atomic mass is 16.5. The van der Waals surface area contributed by atoms with Crippen LogP contribution in [0.5, 0.6) is 11.5 Å². The number of methoxy groups -OCH3 is 2. The number of carbonyl (C=O) groups is 1. The summed E-state index contributed by atoms with van der Waals surface area (Å²) in [6.07, 6.45) is 1.92. The summed E-state index contributed by atoms with van der Waals surface area (Å²) in [5, 5.41) is 4.48. The third kappa shape index (κ3) is 3.31. The van der Waals surface area contributed by atoms with Crippen molar-refractivity contribution in [3.63, 3.8) is 0 Å². The zero-order chi connectivity index (χ0) is 18.0. The third-order valence-electron chi connectivity index (χ3n) is 4.57. The lowest BCUT2D eigenvalue weighted by Crippen LogP contribution is -2.41. The first-order valence-electron chi connectivity index (χ1n) is 8.45. The average molecular weight is 344 g/mol. The van der Waals surface area contributed by atoms with Crippen molar-refractivity contribution in [1.29, 1.82) is 0 Å². The van der Waals surface area contributed by atoms with Crippen molar-refractivity contribution in [2.24, 2.45) is 0 Å². The molecule has 1 atom stereocenters. The average Bonchev–Trinajstić information content (AvgIpc) is 2.98. The fourth-order valence-electron chi connectivity index (χ4n) is 3.45. The normalized spacial score (nSPS) is 17.4. The molecule has 1 aromatic carbocycles. The Balaban J connectivity index is 1.84. The topological polar surface area (TPSA) is 69.5 Å². The Bertz CT molecular complexity index is 772. The van der Waals surface area contributed by atoms with E-state index >= 15 is 0 Å². The van der Waals surface area contributed by atoms with Crippen molar-refractivity contribution in [1.82, 2.24) is 19.7 Å². The molecule has 1 saturated heterocycles. The molecule has 2 heterocycles. The van der Waals surface area contributed by atoms with Crippen LogP contribution in [-0.2, 0) is 0 Å². The van der Waals surface area contributed by atoms with Crippen LogP contribution in [-0.4, -0.2) is 52.9 Å². The van der Waals surface area contributed by atoms with Crippen LogP contribution < -0.4 is 9.47 Å². The second-order valence-electron chi connectivity index (χ2n) is 6.24. The molecule has 25 heavy (non-hydrogen) atoms. The van der Waals surface area contributed by atoms with E-state index in [1.54, 1.807) is 32.4 Å². The third-order valence-corrected chi connectivity index (χ3v) is 4.57. The molecule has 134 valence electrons. The number of amides is 1. The number of carbonyl (C=O) groups excluding carboxylic acids is 1. The molecule has 1 aliphatic rings. The van der Waals surface area contributed by atoms with E-state index in [4.69, 9.17) is 9.47 Å². The van der Waals surface area contributed by atoms with Gasteiger partial charge in [0.1, 0.15) is 11.6 Å². The van der Waals surface area contributed by atoms with Gasteiger partial charge in [0, 0.05) is 13.1 Å². The summed E-state index contributed by atoms with van der Waals surface area (Å²) in [6.45, 7) is 5.17. The van der Waals surface area contributed by atoms with Gasteiger partial charge in [-0.3, -0.25) is 4.79 Å². The Morgan fingerprint density at radius 3 is 2.68 bits per heavy atom. The molecule has 1 aromatic heterocycles. The van der Waals surface area contributed by atoms with Crippen molar-refractivity contribution in [3.05, 3.63) is 35.4 Å². The zero-order valence-corrected chi connectivity index (χ0v) is 15.2. The van der Waals surface area contributed by atoms with Gasteiger partial charge in [0.15, 0.2) is 11.5 Å². The van der Waals surface area contributed by atoms with Crippen LogP contribution in [0, 0.1) is 13.8 Å². The molecule has 1 aliphatic heterocycles. The van der Waals surface area contributed by atoms with Gasteiger partial charge in [-0.15, -0.1) is 0 Å². The SMILES string of the molecule is COc1cccc(C(=O)N2CCC[C@@H](n3nc(C)nc3C)C2)c1OC. The molecule has 7 heteroatoms. The van der Waals surface area contributed by atoms with Crippen LogP contribution in [0.15, 0.2) is 18.2 Å². The van der Waals surface area contributed by atoms with Crippen LogP contribution in [0.2, 0.25) is 0 Å². The lowest BCUT2D eigenvalue weighted by molar-refractivity contribution is 0.0667. The monoisotopic (exact) mass is 344 g/mol. The van der Waals surface area contributed by atoms with Crippen molar-refractivity contribution >= 4 is 5.91 Å². The van der Waals surface area contributed by atoms with Gasteiger partial charge in [0.05, 0.1) is 25.8 Å². The van der Waals surface area contributed by atoms with Crippen molar-refractivity contribution in [3.8, 4) is 11.5 Å². The van der Waals surface area contributed by atoms with E-state index in [0.29, 0.717) is 23.6 Å². The van der Waals surface area contributed by atoms with Crippen molar-refractivity contribution < 1.29 is 14.3 Å². The smallest absolute Gasteiger partial charge is 0.257 e. The quantitative estimate of drug-likeness (QED) is 0.852. The molecule has 0 saturated carbocycles. The van der Waals surface area contributed by atoms with E-state index in [0.717, 1.165) is 31.0 Å². The van der Waals surface area contributed by atoms with E-state index < -0.39 is 0 Å². The van der Waals surface area contributed by atoms with Gasteiger partial charge >= 0.3 is 0 Å². The largest absolute Gasteiger partial charge is 0.493 e. The summed E-state index contributed by atoms with van der Waals surface area (Å²) in [7, 11) is 3.12. The Morgan fingerprint density at radius 1 is 1.24 bits per heavy atom. The van der Waals surface area contributed by atoms with Crippen LogP contribution in [0.4, 0.5) is 0 Å². The highest BCUT2D eigenvalue weighted by Crippen LogP contribution is 2.32. The molecule has 7 nitrogen and oxygen atoms in total. The van der Waals surface area contributed by atoms with Crippen molar-refractivity contribution in [2.45, 2.75) is 32.7 Å². The lowest BCUT2D eigenvalue weighted by atomic mass is 10.0. The molecule has 2 aromatic rings. The Labute approximate surface area is 147 Å². The highest BCUT2D eigenvalue weighted by molar-refractivity contribution is 5.97. The summed E-state index contributed by atoms with van der Waals surface area (Å²) in [4.78, 5) is 19.3. The van der Waals surface area contributed by atoms with Crippen LogP contribution >= 0.6 is 0 Å². The van der Waals surface area contributed by atoms with E-state index in [1.165, 1.54) is 0 Å². The summed E-state index contributed by atoms with van der Waals surface area (Å²) in [5.41, 5.74) is 0.522. The number of ether oxygens (including phenoxy) is 2. The van der Waals surface area contributed by atoms with Crippen LogP contribution in [0.1, 0.15) is 40.9 Å². The minimum absolute atomic E-state index is 0.0464. The number of likely N-dealkylation sites (tertiary alicyclic amines) is 1. The van der Waals surface area contributed by atoms with E-state index in [2.05, 4.69) is 10.1 Å². The molecule has 1 amide bonds. The second kappa shape index (κ2) is 7.13. The van der Waals surface area contributed by atoms with E-state index in [1.807, 2.05) is 23.4 Å². The van der Waals surface area contributed by atoms with Crippen LogP contribution in [0.25, 0.3) is 0 Å². The summed E-state index contributed by atoms with van der Waals surface area (Å²) in [5.74, 6) is 2.63. The van der Waals surface area contributed by atoms with Gasteiger partial charge in [-0.05, 0) is 38.8 Å². The molecule has 0 N–H and O–H groups in total.